The molecule has 0 spiro atoms. The Morgan fingerprint density at radius 1 is 1.73 bits per heavy atom. The molecule has 1 aromatic heterocycles. The molecule has 0 unspecified atom stereocenters. The molecule has 0 aliphatic rings. The summed E-state index contributed by atoms with van der Waals surface area (Å²) >= 11 is 3.33. The van der Waals surface area contributed by atoms with Gasteiger partial charge in [-0.05, 0) is 18.6 Å². The summed E-state index contributed by atoms with van der Waals surface area (Å²) in [7, 11) is 0. The molecule has 0 saturated heterocycles. The van der Waals surface area contributed by atoms with Gasteiger partial charge in [0.1, 0.15) is 6.54 Å². The van der Waals surface area contributed by atoms with Crippen LogP contribution in [0.4, 0.5) is 0 Å². The Hall–Kier alpha value is -0.770. The van der Waals surface area contributed by atoms with Gasteiger partial charge in [-0.15, -0.1) is 0 Å². The van der Waals surface area contributed by atoms with E-state index in [2.05, 4.69) is 26.1 Å². The van der Waals surface area contributed by atoms with Gasteiger partial charge in [0.25, 0.3) is 0 Å². The second kappa shape index (κ2) is 3.57. The average molecular weight is 215 g/mol. The molecule has 0 fully saturated rings. The van der Waals surface area contributed by atoms with Gasteiger partial charge in [0, 0.05) is 10.7 Å². The van der Waals surface area contributed by atoms with Gasteiger partial charge in [0.2, 0.25) is 0 Å². The fraction of sp³-hybridized carbons (Fsp3) is 0.286. The molecule has 1 rings (SSSR count). The maximum atomic E-state index is 9.87. The van der Waals surface area contributed by atoms with Gasteiger partial charge < -0.3 is 0 Å². The molecule has 0 radical (unpaired) electrons. The summed E-state index contributed by atoms with van der Waals surface area (Å²) in [6.07, 6.45) is 1.71. The summed E-state index contributed by atoms with van der Waals surface area (Å²) in [5.41, 5.74) is 1.75. The minimum atomic E-state index is 0.138. The molecule has 0 amide bonds. The first-order valence-corrected chi connectivity index (χ1v) is 3.93. The molecule has 11 heavy (non-hydrogen) atoms. The van der Waals surface area contributed by atoms with Crippen LogP contribution < -0.4 is 0 Å². The first-order chi connectivity index (χ1) is 5.24. The van der Waals surface area contributed by atoms with Gasteiger partial charge in [0.05, 0.1) is 5.69 Å². The normalized spacial score (nSPS) is 9.64. The van der Waals surface area contributed by atoms with E-state index < -0.39 is 0 Å². The third-order valence-electron chi connectivity index (χ3n) is 1.32. The van der Waals surface area contributed by atoms with Crippen molar-refractivity contribution in [3.05, 3.63) is 32.9 Å². The van der Waals surface area contributed by atoms with Gasteiger partial charge in [-0.3, -0.25) is 4.98 Å². The molecule has 0 bridgehead atoms. The minimum absolute atomic E-state index is 0.138. The zero-order chi connectivity index (χ0) is 8.27. The number of rotatable bonds is 2. The molecule has 1 aromatic rings. The molecule has 3 nitrogen and oxygen atoms in total. The Labute approximate surface area is 72.9 Å². The highest BCUT2D eigenvalue weighted by molar-refractivity contribution is 9.10. The van der Waals surface area contributed by atoms with Crippen molar-refractivity contribution in [2.45, 2.75) is 13.5 Å². The number of nitroso groups, excluding NO2 is 1. The number of halogens is 1. The lowest BCUT2D eigenvalue weighted by Crippen LogP contribution is -1.88. The van der Waals surface area contributed by atoms with E-state index in [0.717, 1.165) is 10.0 Å². The summed E-state index contributed by atoms with van der Waals surface area (Å²) in [6.45, 7) is 2.08. The second-order valence-electron chi connectivity index (χ2n) is 2.21. The molecular formula is C7H7BrN2O. The third-order valence-corrected chi connectivity index (χ3v) is 2.17. The highest BCUT2D eigenvalue weighted by Crippen LogP contribution is 2.15. The number of aromatic nitrogens is 1. The summed E-state index contributed by atoms with van der Waals surface area (Å²) in [5.74, 6) is 0. The zero-order valence-corrected chi connectivity index (χ0v) is 7.63. The van der Waals surface area contributed by atoms with E-state index in [1.54, 1.807) is 12.3 Å². The van der Waals surface area contributed by atoms with Crippen LogP contribution in [0.5, 0.6) is 0 Å². The predicted molar refractivity (Wildman–Crippen MR) is 46.2 cm³/mol. The molecule has 0 aliphatic heterocycles. The largest absolute Gasteiger partial charge is 0.259 e. The smallest absolute Gasteiger partial charge is 0.123 e. The van der Waals surface area contributed by atoms with E-state index in [9.17, 15) is 4.91 Å². The molecular weight excluding hydrogens is 208 g/mol. The molecule has 58 valence electrons. The SMILES string of the molecule is Cc1cnc(CN=O)cc1Br. The van der Waals surface area contributed by atoms with Crippen molar-refractivity contribution >= 4 is 15.9 Å². The van der Waals surface area contributed by atoms with Gasteiger partial charge in [-0.2, -0.15) is 4.91 Å². The fourth-order valence-corrected chi connectivity index (χ4v) is 1.06. The summed E-state index contributed by atoms with van der Waals surface area (Å²) < 4.78 is 0.964. The van der Waals surface area contributed by atoms with Crippen LogP contribution in [-0.4, -0.2) is 4.98 Å². The molecule has 0 N–H and O–H groups in total. The van der Waals surface area contributed by atoms with Crippen LogP contribution in [0, 0.1) is 11.8 Å². The van der Waals surface area contributed by atoms with Crippen molar-refractivity contribution in [2.24, 2.45) is 5.18 Å². The summed E-state index contributed by atoms with van der Waals surface area (Å²) in [6, 6.07) is 1.80. The van der Waals surface area contributed by atoms with Gasteiger partial charge in [0.15, 0.2) is 0 Å². The third kappa shape index (κ3) is 2.08. The molecule has 0 atom stereocenters. The second-order valence-corrected chi connectivity index (χ2v) is 3.07. The topological polar surface area (TPSA) is 42.3 Å². The van der Waals surface area contributed by atoms with Crippen molar-refractivity contribution in [1.82, 2.24) is 4.98 Å². The standard InChI is InChI=1S/C7H7BrN2O/c1-5-3-9-6(4-10-11)2-7(5)8/h2-3H,4H2,1H3. The highest BCUT2D eigenvalue weighted by atomic mass is 79.9. The summed E-state index contributed by atoms with van der Waals surface area (Å²) in [5, 5.41) is 2.74. The number of pyridine rings is 1. The van der Waals surface area contributed by atoms with Crippen LogP contribution in [0.3, 0.4) is 0 Å². The minimum Gasteiger partial charge on any atom is -0.259 e. The zero-order valence-electron chi connectivity index (χ0n) is 6.04. The number of aryl methyl sites for hydroxylation is 1. The maximum absolute atomic E-state index is 9.87. The van der Waals surface area contributed by atoms with E-state index >= 15 is 0 Å². The molecule has 4 heteroatoms. The van der Waals surface area contributed by atoms with Crippen molar-refractivity contribution < 1.29 is 0 Å². The number of nitrogens with zero attached hydrogens (tertiary/aromatic N) is 2. The Kier molecular flexibility index (Phi) is 2.70. The van der Waals surface area contributed by atoms with Gasteiger partial charge in [-0.1, -0.05) is 21.1 Å². The molecule has 0 aromatic carbocycles. The molecule has 0 saturated carbocycles. The van der Waals surface area contributed by atoms with E-state index in [0.29, 0.717) is 5.69 Å². The lowest BCUT2D eigenvalue weighted by atomic mass is 10.3. The van der Waals surface area contributed by atoms with E-state index in [1.165, 1.54) is 0 Å². The lowest BCUT2D eigenvalue weighted by Gasteiger charge is -1.97. The van der Waals surface area contributed by atoms with Crippen LogP contribution in [0.25, 0.3) is 0 Å². The van der Waals surface area contributed by atoms with Gasteiger partial charge in [-0.25, -0.2) is 0 Å². The number of hydrogen-bond donors (Lipinski definition) is 0. The predicted octanol–water partition coefficient (Wildman–Crippen LogP) is 2.42. The van der Waals surface area contributed by atoms with Gasteiger partial charge >= 0.3 is 0 Å². The van der Waals surface area contributed by atoms with Crippen LogP contribution in [-0.2, 0) is 6.54 Å². The van der Waals surface area contributed by atoms with Crippen LogP contribution in [0.1, 0.15) is 11.3 Å². The quantitative estimate of drug-likeness (QED) is 0.711. The van der Waals surface area contributed by atoms with Crippen molar-refractivity contribution in [1.29, 1.82) is 0 Å². The van der Waals surface area contributed by atoms with Crippen molar-refractivity contribution in [3.8, 4) is 0 Å². The lowest BCUT2D eigenvalue weighted by molar-refractivity contribution is 0.971. The Morgan fingerprint density at radius 2 is 2.45 bits per heavy atom. The molecule has 1 heterocycles. The Balaban J connectivity index is 2.95. The monoisotopic (exact) mass is 214 g/mol. The van der Waals surface area contributed by atoms with E-state index in [4.69, 9.17) is 0 Å². The number of hydrogen-bond acceptors (Lipinski definition) is 3. The van der Waals surface area contributed by atoms with Crippen molar-refractivity contribution in [3.63, 3.8) is 0 Å². The van der Waals surface area contributed by atoms with Crippen LogP contribution in [0.2, 0.25) is 0 Å². The first kappa shape index (κ1) is 8.33. The maximum Gasteiger partial charge on any atom is 0.123 e. The van der Waals surface area contributed by atoms with E-state index in [1.807, 2.05) is 6.92 Å². The Bertz CT molecular complexity index is 275. The van der Waals surface area contributed by atoms with Crippen LogP contribution >= 0.6 is 15.9 Å². The van der Waals surface area contributed by atoms with E-state index in [-0.39, 0.29) is 6.54 Å². The fourth-order valence-electron chi connectivity index (χ4n) is 0.691. The van der Waals surface area contributed by atoms with Crippen LogP contribution in [0.15, 0.2) is 21.9 Å². The average Bonchev–Trinajstić information content (AvgIpc) is 1.98. The van der Waals surface area contributed by atoms with Crippen molar-refractivity contribution in [2.75, 3.05) is 0 Å². The Morgan fingerprint density at radius 3 is 3.00 bits per heavy atom. The first-order valence-electron chi connectivity index (χ1n) is 3.14. The molecule has 0 aliphatic carbocycles. The summed E-state index contributed by atoms with van der Waals surface area (Å²) in [4.78, 5) is 13.9. The highest BCUT2D eigenvalue weighted by Gasteiger charge is 1.97.